The first-order chi connectivity index (χ1) is 6.20. The predicted octanol–water partition coefficient (Wildman–Crippen LogP) is 3.04. The highest BCUT2D eigenvalue weighted by Crippen LogP contribution is 2.54. The highest BCUT2D eigenvalue weighted by atomic mass is 16.1. The zero-order valence-corrected chi connectivity index (χ0v) is 8.75. The van der Waals surface area contributed by atoms with Gasteiger partial charge in [-0.3, -0.25) is 4.79 Å². The molecule has 3 atom stereocenters. The predicted molar refractivity (Wildman–Crippen MR) is 53.4 cm³/mol. The van der Waals surface area contributed by atoms with E-state index in [9.17, 15) is 4.79 Å². The van der Waals surface area contributed by atoms with Gasteiger partial charge in [-0.25, -0.2) is 0 Å². The van der Waals surface area contributed by atoms with Crippen molar-refractivity contribution in [3.8, 4) is 0 Å². The van der Waals surface area contributed by atoms with E-state index >= 15 is 0 Å². The van der Waals surface area contributed by atoms with E-state index in [1.165, 1.54) is 19.3 Å². The summed E-state index contributed by atoms with van der Waals surface area (Å²) in [5, 5.41) is 0. The maximum absolute atomic E-state index is 11.8. The van der Waals surface area contributed by atoms with Crippen LogP contribution in [0, 0.1) is 23.7 Å². The summed E-state index contributed by atoms with van der Waals surface area (Å²) in [7, 11) is 0. The first-order valence-electron chi connectivity index (χ1n) is 5.73. The van der Waals surface area contributed by atoms with Crippen LogP contribution in [-0.4, -0.2) is 5.78 Å². The highest BCUT2D eigenvalue weighted by Gasteiger charge is 2.47. The van der Waals surface area contributed by atoms with Crippen LogP contribution in [0.4, 0.5) is 0 Å². The van der Waals surface area contributed by atoms with Crippen molar-refractivity contribution in [3.05, 3.63) is 0 Å². The summed E-state index contributed by atoms with van der Waals surface area (Å²) in [4.78, 5) is 11.8. The SMILES string of the molecule is CCC(C)CC(=O)C1CC2CC2C1. The van der Waals surface area contributed by atoms with E-state index in [1.807, 2.05) is 0 Å². The molecule has 0 bridgehead atoms. The summed E-state index contributed by atoms with van der Waals surface area (Å²) in [6, 6.07) is 0. The minimum Gasteiger partial charge on any atom is -0.299 e. The fourth-order valence-electron chi connectivity index (χ4n) is 2.63. The molecule has 74 valence electrons. The van der Waals surface area contributed by atoms with Gasteiger partial charge in [-0.2, -0.15) is 0 Å². The summed E-state index contributed by atoms with van der Waals surface area (Å²) in [5.74, 6) is 3.51. The molecule has 0 heterocycles. The Bertz CT molecular complexity index is 199. The highest BCUT2D eigenvalue weighted by molar-refractivity contribution is 5.81. The molecule has 0 aromatic carbocycles. The van der Waals surface area contributed by atoms with Crippen molar-refractivity contribution in [1.29, 1.82) is 0 Å². The number of Topliss-reactive ketones (excluding diaryl/α,β-unsaturated/α-hetero) is 1. The molecular weight excluding hydrogens is 160 g/mol. The molecular formula is C12H20O. The maximum atomic E-state index is 11.8. The first kappa shape index (κ1) is 9.23. The van der Waals surface area contributed by atoms with Gasteiger partial charge in [0.25, 0.3) is 0 Å². The Kier molecular flexibility index (Phi) is 2.44. The maximum Gasteiger partial charge on any atom is 0.136 e. The van der Waals surface area contributed by atoms with Crippen LogP contribution in [0.15, 0.2) is 0 Å². The van der Waals surface area contributed by atoms with Crippen LogP contribution < -0.4 is 0 Å². The molecule has 1 heteroatoms. The molecule has 0 spiro atoms. The minimum absolute atomic E-state index is 0.456. The van der Waals surface area contributed by atoms with E-state index < -0.39 is 0 Å². The molecule has 0 aliphatic heterocycles. The molecule has 2 fully saturated rings. The van der Waals surface area contributed by atoms with Gasteiger partial charge >= 0.3 is 0 Å². The van der Waals surface area contributed by atoms with Crippen LogP contribution in [0.3, 0.4) is 0 Å². The number of ketones is 1. The summed E-state index contributed by atoms with van der Waals surface area (Å²) < 4.78 is 0. The number of carbonyl (C=O) groups is 1. The van der Waals surface area contributed by atoms with E-state index in [0.29, 0.717) is 17.6 Å². The fraction of sp³-hybridized carbons (Fsp3) is 0.917. The molecule has 2 aliphatic carbocycles. The Morgan fingerprint density at radius 3 is 2.46 bits per heavy atom. The van der Waals surface area contributed by atoms with Crippen molar-refractivity contribution in [3.63, 3.8) is 0 Å². The largest absolute Gasteiger partial charge is 0.299 e. The smallest absolute Gasteiger partial charge is 0.136 e. The van der Waals surface area contributed by atoms with Crippen molar-refractivity contribution in [1.82, 2.24) is 0 Å². The quantitative estimate of drug-likeness (QED) is 0.650. The molecule has 2 aliphatic rings. The lowest BCUT2D eigenvalue weighted by molar-refractivity contribution is -0.123. The number of carbonyl (C=O) groups excluding carboxylic acids is 1. The zero-order valence-electron chi connectivity index (χ0n) is 8.75. The number of fused-ring (bicyclic) bond motifs is 1. The van der Waals surface area contributed by atoms with Gasteiger partial charge in [0.1, 0.15) is 5.78 Å². The Hall–Kier alpha value is -0.330. The molecule has 0 N–H and O–H groups in total. The van der Waals surface area contributed by atoms with E-state index in [1.54, 1.807) is 0 Å². The summed E-state index contributed by atoms with van der Waals surface area (Å²) in [6.07, 6.45) is 5.85. The summed E-state index contributed by atoms with van der Waals surface area (Å²) in [6.45, 7) is 4.36. The van der Waals surface area contributed by atoms with Crippen LogP contribution in [0.5, 0.6) is 0 Å². The molecule has 1 nitrogen and oxygen atoms in total. The zero-order chi connectivity index (χ0) is 9.42. The van der Waals surface area contributed by atoms with Crippen LogP contribution >= 0.6 is 0 Å². The van der Waals surface area contributed by atoms with Crippen LogP contribution in [0.1, 0.15) is 46.0 Å². The second-order valence-electron chi connectivity index (χ2n) is 5.11. The fourth-order valence-corrected chi connectivity index (χ4v) is 2.63. The second kappa shape index (κ2) is 3.43. The van der Waals surface area contributed by atoms with Gasteiger partial charge in [0.2, 0.25) is 0 Å². The number of hydrogen-bond acceptors (Lipinski definition) is 1. The average molecular weight is 180 g/mol. The van der Waals surface area contributed by atoms with E-state index in [0.717, 1.165) is 24.7 Å². The molecule has 13 heavy (non-hydrogen) atoms. The third kappa shape index (κ3) is 1.95. The standard InChI is InChI=1S/C12H20O/c1-3-8(2)4-12(13)11-6-9-5-10(9)7-11/h8-11H,3-7H2,1-2H3. The topological polar surface area (TPSA) is 17.1 Å². The molecule has 0 aromatic rings. The Labute approximate surface area is 80.9 Å². The lowest BCUT2D eigenvalue weighted by Gasteiger charge is -2.13. The molecule has 0 radical (unpaired) electrons. The third-order valence-electron chi connectivity index (χ3n) is 3.95. The first-order valence-corrected chi connectivity index (χ1v) is 5.73. The lowest BCUT2D eigenvalue weighted by atomic mass is 9.91. The molecule has 0 aromatic heterocycles. The summed E-state index contributed by atoms with van der Waals surface area (Å²) in [5.41, 5.74) is 0. The van der Waals surface area contributed by atoms with Crippen molar-refractivity contribution in [2.75, 3.05) is 0 Å². The molecule has 2 rings (SSSR count). The van der Waals surface area contributed by atoms with Gasteiger partial charge in [-0.1, -0.05) is 20.3 Å². The van der Waals surface area contributed by atoms with Crippen LogP contribution in [-0.2, 0) is 4.79 Å². The van der Waals surface area contributed by atoms with Crippen molar-refractivity contribution < 1.29 is 4.79 Å². The minimum atomic E-state index is 0.456. The van der Waals surface area contributed by atoms with Crippen molar-refractivity contribution in [2.24, 2.45) is 23.7 Å². The Morgan fingerprint density at radius 2 is 1.92 bits per heavy atom. The van der Waals surface area contributed by atoms with Gasteiger partial charge in [0.05, 0.1) is 0 Å². The van der Waals surface area contributed by atoms with Crippen molar-refractivity contribution in [2.45, 2.75) is 46.0 Å². The van der Waals surface area contributed by atoms with Gasteiger partial charge < -0.3 is 0 Å². The van der Waals surface area contributed by atoms with Crippen LogP contribution in [0.2, 0.25) is 0 Å². The normalized spacial score (nSPS) is 38.5. The molecule has 0 amide bonds. The van der Waals surface area contributed by atoms with Crippen LogP contribution in [0.25, 0.3) is 0 Å². The van der Waals surface area contributed by atoms with E-state index in [4.69, 9.17) is 0 Å². The second-order valence-corrected chi connectivity index (χ2v) is 5.11. The van der Waals surface area contributed by atoms with E-state index in [-0.39, 0.29) is 0 Å². The Balaban J connectivity index is 1.77. The molecule has 0 saturated heterocycles. The Morgan fingerprint density at radius 1 is 1.31 bits per heavy atom. The van der Waals surface area contributed by atoms with Gasteiger partial charge in [-0.05, 0) is 37.0 Å². The van der Waals surface area contributed by atoms with Gasteiger partial charge in [-0.15, -0.1) is 0 Å². The van der Waals surface area contributed by atoms with E-state index in [2.05, 4.69) is 13.8 Å². The monoisotopic (exact) mass is 180 g/mol. The average Bonchev–Trinajstić information content (AvgIpc) is 2.73. The third-order valence-corrected chi connectivity index (χ3v) is 3.95. The van der Waals surface area contributed by atoms with Gasteiger partial charge in [0, 0.05) is 12.3 Å². The van der Waals surface area contributed by atoms with Gasteiger partial charge in [0.15, 0.2) is 0 Å². The summed E-state index contributed by atoms with van der Waals surface area (Å²) >= 11 is 0. The number of hydrogen-bond donors (Lipinski definition) is 0. The molecule has 3 unspecified atom stereocenters. The number of rotatable bonds is 4. The van der Waals surface area contributed by atoms with Crippen molar-refractivity contribution >= 4 is 5.78 Å². The lowest BCUT2D eigenvalue weighted by Crippen LogP contribution is -2.15. The molecule has 2 saturated carbocycles.